The van der Waals surface area contributed by atoms with E-state index in [1.54, 1.807) is 0 Å². The SMILES string of the molecule is CCCC=CCCCCCCCCCCCC(CC(=O)O)C(=O)O. The Morgan fingerprint density at radius 3 is 1.79 bits per heavy atom. The van der Waals surface area contributed by atoms with Crippen molar-refractivity contribution in [1.82, 2.24) is 0 Å². The number of carbonyl (C=O) groups is 2. The highest BCUT2D eigenvalue weighted by molar-refractivity contribution is 5.77. The molecule has 0 radical (unpaired) electrons. The van der Waals surface area contributed by atoms with E-state index < -0.39 is 17.9 Å². The van der Waals surface area contributed by atoms with Crippen LogP contribution in [0.2, 0.25) is 0 Å². The first kappa shape index (κ1) is 22.7. The third-order valence-electron chi connectivity index (χ3n) is 4.32. The van der Waals surface area contributed by atoms with Crippen molar-refractivity contribution in [1.29, 1.82) is 0 Å². The molecule has 0 bridgehead atoms. The molecule has 1 atom stereocenters. The van der Waals surface area contributed by atoms with E-state index in [-0.39, 0.29) is 6.42 Å². The average Bonchev–Trinajstić information content (AvgIpc) is 2.53. The zero-order chi connectivity index (χ0) is 18.0. The van der Waals surface area contributed by atoms with Gasteiger partial charge in [-0.25, -0.2) is 0 Å². The molecule has 0 aromatic rings. The van der Waals surface area contributed by atoms with Crippen LogP contribution in [0.4, 0.5) is 0 Å². The van der Waals surface area contributed by atoms with Crippen molar-refractivity contribution in [2.24, 2.45) is 5.92 Å². The number of aliphatic carboxylic acids is 2. The highest BCUT2D eigenvalue weighted by atomic mass is 16.4. The van der Waals surface area contributed by atoms with Gasteiger partial charge in [0.15, 0.2) is 0 Å². The Balaban J connectivity index is 3.35. The molecule has 0 rings (SSSR count). The maximum Gasteiger partial charge on any atom is 0.307 e. The molecular weight excluding hydrogens is 304 g/mol. The fraction of sp³-hybridized carbons (Fsp3) is 0.800. The quantitative estimate of drug-likeness (QED) is 0.259. The normalized spacial score (nSPS) is 12.5. The summed E-state index contributed by atoms with van der Waals surface area (Å²) in [7, 11) is 0. The Hall–Kier alpha value is -1.32. The molecule has 1 unspecified atom stereocenters. The highest BCUT2D eigenvalue weighted by Crippen LogP contribution is 2.16. The van der Waals surface area contributed by atoms with Gasteiger partial charge in [-0.2, -0.15) is 0 Å². The zero-order valence-corrected chi connectivity index (χ0v) is 15.3. The van der Waals surface area contributed by atoms with E-state index in [9.17, 15) is 9.59 Å². The predicted molar refractivity (Wildman–Crippen MR) is 98.2 cm³/mol. The number of rotatable bonds is 17. The molecule has 140 valence electrons. The molecular formula is C20H36O4. The van der Waals surface area contributed by atoms with Crippen molar-refractivity contribution in [3.63, 3.8) is 0 Å². The van der Waals surface area contributed by atoms with Crippen LogP contribution < -0.4 is 0 Å². The molecule has 0 aromatic carbocycles. The van der Waals surface area contributed by atoms with Crippen LogP contribution in [-0.4, -0.2) is 22.2 Å². The number of unbranched alkanes of at least 4 members (excludes halogenated alkanes) is 10. The van der Waals surface area contributed by atoms with E-state index in [0.29, 0.717) is 6.42 Å². The lowest BCUT2D eigenvalue weighted by atomic mass is 9.97. The van der Waals surface area contributed by atoms with Crippen LogP contribution >= 0.6 is 0 Å². The number of carboxylic acid groups (broad SMARTS) is 2. The van der Waals surface area contributed by atoms with Crippen LogP contribution in [0.5, 0.6) is 0 Å². The van der Waals surface area contributed by atoms with Crippen LogP contribution in [0, 0.1) is 5.92 Å². The van der Waals surface area contributed by atoms with Crippen LogP contribution in [0.1, 0.15) is 96.8 Å². The molecule has 0 aliphatic rings. The van der Waals surface area contributed by atoms with Crippen molar-refractivity contribution in [2.45, 2.75) is 96.8 Å². The average molecular weight is 341 g/mol. The van der Waals surface area contributed by atoms with Gasteiger partial charge in [-0.1, -0.05) is 76.9 Å². The molecule has 24 heavy (non-hydrogen) atoms. The van der Waals surface area contributed by atoms with Gasteiger partial charge in [0.05, 0.1) is 12.3 Å². The largest absolute Gasteiger partial charge is 0.481 e. The summed E-state index contributed by atoms with van der Waals surface area (Å²) in [6.45, 7) is 2.20. The number of carboxylic acids is 2. The molecule has 0 amide bonds. The van der Waals surface area contributed by atoms with Gasteiger partial charge >= 0.3 is 11.9 Å². The first-order valence-corrected chi connectivity index (χ1v) is 9.67. The molecule has 0 fully saturated rings. The minimum atomic E-state index is -1.02. The summed E-state index contributed by atoms with van der Waals surface area (Å²) < 4.78 is 0. The van der Waals surface area contributed by atoms with Gasteiger partial charge in [-0.05, 0) is 25.7 Å². The number of hydrogen-bond donors (Lipinski definition) is 2. The zero-order valence-electron chi connectivity index (χ0n) is 15.3. The number of hydrogen-bond acceptors (Lipinski definition) is 2. The predicted octanol–water partition coefficient (Wildman–Crippen LogP) is 5.81. The summed E-state index contributed by atoms with van der Waals surface area (Å²) in [5, 5.41) is 17.6. The van der Waals surface area contributed by atoms with Gasteiger partial charge in [-0.15, -0.1) is 0 Å². The molecule has 0 aromatic heterocycles. The molecule has 0 aliphatic heterocycles. The third kappa shape index (κ3) is 15.6. The fourth-order valence-electron chi connectivity index (χ4n) is 2.82. The summed E-state index contributed by atoms with van der Waals surface area (Å²) in [5.74, 6) is -2.74. The van der Waals surface area contributed by atoms with Crippen molar-refractivity contribution >= 4 is 11.9 Å². The molecule has 0 aliphatic carbocycles. The Bertz CT molecular complexity index is 350. The van der Waals surface area contributed by atoms with E-state index in [0.717, 1.165) is 19.3 Å². The van der Waals surface area contributed by atoms with Gasteiger partial charge in [0, 0.05) is 0 Å². The van der Waals surface area contributed by atoms with Crippen molar-refractivity contribution in [3.8, 4) is 0 Å². The van der Waals surface area contributed by atoms with Crippen LogP contribution in [-0.2, 0) is 9.59 Å². The summed E-state index contributed by atoms with van der Waals surface area (Å²) in [6, 6.07) is 0. The second-order valence-electron chi connectivity index (χ2n) is 6.65. The van der Waals surface area contributed by atoms with Gasteiger partial charge < -0.3 is 10.2 Å². The van der Waals surface area contributed by atoms with E-state index in [2.05, 4.69) is 19.1 Å². The van der Waals surface area contributed by atoms with Crippen molar-refractivity contribution in [3.05, 3.63) is 12.2 Å². The Morgan fingerprint density at radius 1 is 0.792 bits per heavy atom. The Morgan fingerprint density at radius 2 is 1.29 bits per heavy atom. The molecule has 0 saturated heterocycles. The van der Waals surface area contributed by atoms with E-state index in [1.165, 1.54) is 57.8 Å². The van der Waals surface area contributed by atoms with Crippen LogP contribution in [0.3, 0.4) is 0 Å². The maximum absolute atomic E-state index is 10.9. The summed E-state index contributed by atoms with van der Waals surface area (Å²) in [4.78, 5) is 21.5. The van der Waals surface area contributed by atoms with Crippen LogP contribution in [0.15, 0.2) is 12.2 Å². The highest BCUT2D eigenvalue weighted by Gasteiger charge is 2.20. The summed E-state index contributed by atoms with van der Waals surface area (Å²) >= 11 is 0. The second kappa shape index (κ2) is 16.5. The third-order valence-corrected chi connectivity index (χ3v) is 4.32. The topological polar surface area (TPSA) is 74.6 Å². The smallest absolute Gasteiger partial charge is 0.307 e. The standard InChI is InChI=1S/C20H36O4/c1-2-3-4-5-6-7-8-9-10-11-12-13-14-15-16-18(20(23)24)17-19(21)22/h4-5,18H,2-3,6-17H2,1H3,(H,21,22)(H,23,24). The summed E-state index contributed by atoms with van der Waals surface area (Å²) in [5.41, 5.74) is 0. The minimum Gasteiger partial charge on any atom is -0.481 e. The molecule has 4 heteroatoms. The molecule has 0 spiro atoms. The minimum absolute atomic E-state index is 0.261. The second-order valence-corrected chi connectivity index (χ2v) is 6.65. The number of allylic oxidation sites excluding steroid dienone is 2. The molecule has 4 nitrogen and oxygen atoms in total. The first-order valence-electron chi connectivity index (χ1n) is 9.67. The van der Waals surface area contributed by atoms with E-state index in [4.69, 9.17) is 10.2 Å². The molecule has 0 saturated carbocycles. The summed E-state index contributed by atoms with van der Waals surface area (Å²) in [6.07, 6.45) is 19.0. The first-order chi connectivity index (χ1) is 11.6. The molecule has 2 N–H and O–H groups in total. The fourth-order valence-corrected chi connectivity index (χ4v) is 2.82. The van der Waals surface area contributed by atoms with Gasteiger partial charge in [0.2, 0.25) is 0 Å². The maximum atomic E-state index is 10.9. The van der Waals surface area contributed by atoms with E-state index >= 15 is 0 Å². The van der Waals surface area contributed by atoms with E-state index in [1.807, 2.05) is 0 Å². The van der Waals surface area contributed by atoms with Gasteiger partial charge in [0.25, 0.3) is 0 Å². The van der Waals surface area contributed by atoms with Gasteiger partial charge in [-0.3, -0.25) is 9.59 Å². The molecule has 0 heterocycles. The Kier molecular flexibility index (Phi) is 15.6. The van der Waals surface area contributed by atoms with Crippen LogP contribution in [0.25, 0.3) is 0 Å². The van der Waals surface area contributed by atoms with Crippen molar-refractivity contribution in [2.75, 3.05) is 0 Å². The van der Waals surface area contributed by atoms with Gasteiger partial charge in [0.1, 0.15) is 0 Å². The lowest BCUT2D eigenvalue weighted by molar-refractivity contribution is -0.148. The lowest BCUT2D eigenvalue weighted by Gasteiger charge is -2.09. The monoisotopic (exact) mass is 340 g/mol. The van der Waals surface area contributed by atoms with Crippen molar-refractivity contribution < 1.29 is 19.8 Å². The lowest BCUT2D eigenvalue weighted by Crippen LogP contribution is -2.17. The Labute approximate surface area is 147 Å².